The summed E-state index contributed by atoms with van der Waals surface area (Å²) in [6.07, 6.45) is 0. The minimum absolute atomic E-state index is 0.254. The Labute approximate surface area is 88.5 Å². The lowest BCUT2D eigenvalue weighted by Crippen LogP contribution is -2.19. The van der Waals surface area contributed by atoms with Gasteiger partial charge in [0, 0.05) is 7.05 Å². The Kier molecular flexibility index (Phi) is 3.69. The number of ether oxygens (including phenoxy) is 1. The van der Waals surface area contributed by atoms with Crippen molar-refractivity contribution in [2.24, 2.45) is 0 Å². The molecule has 0 bridgehead atoms. The molecule has 1 rings (SSSR count). The SMILES string of the molecule is CCOc1ccc(C#N)cc1C(=O)NC. The molecule has 0 saturated carbocycles. The summed E-state index contributed by atoms with van der Waals surface area (Å²) >= 11 is 0. The van der Waals surface area contributed by atoms with E-state index >= 15 is 0 Å². The van der Waals surface area contributed by atoms with Gasteiger partial charge in [-0.2, -0.15) is 5.26 Å². The Hall–Kier alpha value is -2.02. The highest BCUT2D eigenvalue weighted by Crippen LogP contribution is 2.19. The van der Waals surface area contributed by atoms with Crippen molar-refractivity contribution in [1.29, 1.82) is 5.26 Å². The number of amides is 1. The van der Waals surface area contributed by atoms with Crippen molar-refractivity contribution in [3.8, 4) is 11.8 Å². The molecule has 0 aliphatic carbocycles. The Morgan fingerprint density at radius 1 is 1.60 bits per heavy atom. The van der Waals surface area contributed by atoms with Crippen LogP contribution >= 0.6 is 0 Å². The molecule has 0 unspecified atom stereocenters. The summed E-state index contributed by atoms with van der Waals surface area (Å²) in [5.41, 5.74) is 0.829. The predicted molar refractivity (Wildman–Crippen MR) is 55.7 cm³/mol. The Bertz CT molecular complexity index is 408. The number of carbonyl (C=O) groups is 1. The first-order chi connectivity index (χ1) is 7.22. The van der Waals surface area contributed by atoms with E-state index in [0.29, 0.717) is 23.5 Å². The van der Waals surface area contributed by atoms with E-state index in [1.54, 1.807) is 12.1 Å². The fourth-order valence-corrected chi connectivity index (χ4v) is 1.19. The molecule has 15 heavy (non-hydrogen) atoms. The molecule has 0 aliphatic heterocycles. The summed E-state index contributed by atoms with van der Waals surface area (Å²) in [7, 11) is 1.54. The Morgan fingerprint density at radius 2 is 2.33 bits per heavy atom. The van der Waals surface area contributed by atoms with Gasteiger partial charge in [0.25, 0.3) is 5.91 Å². The summed E-state index contributed by atoms with van der Waals surface area (Å²) in [5, 5.41) is 11.2. The van der Waals surface area contributed by atoms with Gasteiger partial charge in [0.05, 0.1) is 23.8 Å². The normalized spacial score (nSPS) is 9.13. The number of rotatable bonds is 3. The van der Waals surface area contributed by atoms with Gasteiger partial charge < -0.3 is 10.1 Å². The molecule has 0 saturated heterocycles. The van der Waals surface area contributed by atoms with Gasteiger partial charge in [-0.15, -0.1) is 0 Å². The van der Waals surface area contributed by atoms with Gasteiger partial charge in [-0.1, -0.05) is 0 Å². The van der Waals surface area contributed by atoms with E-state index in [9.17, 15) is 4.79 Å². The van der Waals surface area contributed by atoms with Crippen molar-refractivity contribution in [2.45, 2.75) is 6.92 Å². The maximum atomic E-state index is 11.5. The number of benzene rings is 1. The van der Waals surface area contributed by atoms with Crippen molar-refractivity contribution in [3.05, 3.63) is 29.3 Å². The molecule has 0 aromatic heterocycles. The number of hydrogen-bond donors (Lipinski definition) is 1. The van der Waals surface area contributed by atoms with Crippen LogP contribution in [0.1, 0.15) is 22.8 Å². The van der Waals surface area contributed by atoms with Crippen LogP contribution in [0.15, 0.2) is 18.2 Å². The molecule has 4 heteroatoms. The number of hydrogen-bond acceptors (Lipinski definition) is 3. The summed E-state index contributed by atoms with van der Waals surface area (Å²) < 4.78 is 5.29. The van der Waals surface area contributed by atoms with Crippen LogP contribution in [0.2, 0.25) is 0 Å². The smallest absolute Gasteiger partial charge is 0.254 e. The largest absolute Gasteiger partial charge is 0.493 e. The first-order valence-electron chi connectivity index (χ1n) is 4.62. The fraction of sp³-hybridized carbons (Fsp3) is 0.273. The summed E-state index contributed by atoms with van der Waals surface area (Å²) in [6.45, 7) is 2.32. The summed E-state index contributed by atoms with van der Waals surface area (Å²) in [6, 6.07) is 6.75. The molecule has 4 nitrogen and oxygen atoms in total. The van der Waals surface area contributed by atoms with Crippen LogP contribution in [0.3, 0.4) is 0 Å². The van der Waals surface area contributed by atoms with E-state index in [-0.39, 0.29) is 5.91 Å². The minimum atomic E-state index is -0.254. The lowest BCUT2D eigenvalue weighted by molar-refractivity contribution is 0.0959. The van der Waals surface area contributed by atoms with E-state index in [0.717, 1.165) is 0 Å². The summed E-state index contributed by atoms with van der Waals surface area (Å²) in [5.74, 6) is 0.242. The molecule has 0 aliphatic rings. The quantitative estimate of drug-likeness (QED) is 0.807. The van der Waals surface area contributed by atoms with E-state index in [1.165, 1.54) is 13.1 Å². The zero-order valence-corrected chi connectivity index (χ0v) is 8.70. The molecule has 1 N–H and O–H groups in total. The standard InChI is InChI=1S/C11H12N2O2/c1-3-15-10-5-4-8(7-12)6-9(10)11(14)13-2/h4-6H,3H2,1-2H3,(H,13,14). The molecule has 78 valence electrons. The van der Waals surface area contributed by atoms with Crippen LogP contribution in [0.25, 0.3) is 0 Å². The van der Waals surface area contributed by atoms with Gasteiger partial charge in [0.2, 0.25) is 0 Å². The first kappa shape index (κ1) is 11.1. The maximum absolute atomic E-state index is 11.5. The zero-order chi connectivity index (χ0) is 11.3. The number of nitriles is 1. The third-order valence-electron chi connectivity index (χ3n) is 1.88. The van der Waals surface area contributed by atoms with Gasteiger partial charge in [0.1, 0.15) is 5.75 Å². The second-order valence-electron chi connectivity index (χ2n) is 2.83. The first-order valence-corrected chi connectivity index (χ1v) is 4.62. The highest BCUT2D eigenvalue weighted by molar-refractivity contribution is 5.97. The van der Waals surface area contributed by atoms with E-state index in [2.05, 4.69) is 5.32 Å². The maximum Gasteiger partial charge on any atom is 0.254 e. The van der Waals surface area contributed by atoms with Gasteiger partial charge >= 0.3 is 0 Å². The van der Waals surface area contributed by atoms with Crippen LogP contribution in [0, 0.1) is 11.3 Å². The van der Waals surface area contributed by atoms with Crippen molar-refractivity contribution in [2.75, 3.05) is 13.7 Å². The topological polar surface area (TPSA) is 62.1 Å². The average molecular weight is 204 g/mol. The third-order valence-corrected chi connectivity index (χ3v) is 1.88. The van der Waals surface area contributed by atoms with Crippen LogP contribution in [-0.4, -0.2) is 19.6 Å². The van der Waals surface area contributed by atoms with Crippen LogP contribution < -0.4 is 10.1 Å². The molecule has 0 heterocycles. The molecule has 1 aromatic rings. The monoisotopic (exact) mass is 204 g/mol. The second-order valence-corrected chi connectivity index (χ2v) is 2.83. The number of nitrogens with zero attached hydrogens (tertiary/aromatic N) is 1. The van der Waals surface area contributed by atoms with Gasteiger partial charge in [-0.05, 0) is 25.1 Å². The summed E-state index contributed by atoms with van der Waals surface area (Å²) in [4.78, 5) is 11.5. The van der Waals surface area contributed by atoms with E-state index < -0.39 is 0 Å². The van der Waals surface area contributed by atoms with Crippen molar-refractivity contribution >= 4 is 5.91 Å². The zero-order valence-electron chi connectivity index (χ0n) is 8.70. The molecule has 0 atom stereocenters. The predicted octanol–water partition coefficient (Wildman–Crippen LogP) is 1.32. The fourth-order valence-electron chi connectivity index (χ4n) is 1.19. The average Bonchev–Trinajstić information content (AvgIpc) is 2.29. The molecule has 0 spiro atoms. The van der Waals surface area contributed by atoms with Crippen molar-refractivity contribution in [3.63, 3.8) is 0 Å². The molecular formula is C11H12N2O2. The molecular weight excluding hydrogens is 192 g/mol. The molecule has 1 amide bonds. The van der Waals surface area contributed by atoms with Crippen molar-refractivity contribution < 1.29 is 9.53 Å². The minimum Gasteiger partial charge on any atom is -0.493 e. The van der Waals surface area contributed by atoms with Gasteiger partial charge in [-0.25, -0.2) is 0 Å². The van der Waals surface area contributed by atoms with Crippen LogP contribution in [-0.2, 0) is 0 Å². The lowest BCUT2D eigenvalue weighted by Gasteiger charge is -2.08. The lowest BCUT2D eigenvalue weighted by atomic mass is 10.1. The highest BCUT2D eigenvalue weighted by Gasteiger charge is 2.11. The molecule has 0 fully saturated rings. The van der Waals surface area contributed by atoms with Gasteiger partial charge in [0.15, 0.2) is 0 Å². The Morgan fingerprint density at radius 3 is 2.87 bits per heavy atom. The third kappa shape index (κ3) is 2.47. The number of carbonyl (C=O) groups excluding carboxylic acids is 1. The van der Waals surface area contributed by atoms with Crippen LogP contribution in [0.4, 0.5) is 0 Å². The highest BCUT2D eigenvalue weighted by atomic mass is 16.5. The van der Waals surface area contributed by atoms with E-state index in [1.807, 2.05) is 13.0 Å². The number of nitrogens with one attached hydrogen (secondary N) is 1. The van der Waals surface area contributed by atoms with Crippen molar-refractivity contribution in [1.82, 2.24) is 5.32 Å². The molecule has 1 aromatic carbocycles. The van der Waals surface area contributed by atoms with Gasteiger partial charge in [-0.3, -0.25) is 4.79 Å². The second kappa shape index (κ2) is 5.01. The van der Waals surface area contributed by atoms with E-state index in [4.69, 9.17) is 10.00 Å². The molecule has 0 radical (unpaired) electrons. The Balaban J connectivity index is 3.17. The van der Waals surface area contributed by atoms with Crippen LogP contribution in [0.5, 0.6) is 5.75 Å².